The van der Waals surface area contributed by atoms with Crippen LogP contribution >= 0.6 is 0 Å². The van der Waals surface area contributed by atoms with Crippen LogP contribution in [-0.4, -0.2) is 39.5 Å². The number of Topliss-reactive ketones (excluding diaryl/α,β-unsaturated/α-hetero) is 1. The molecule has 1 aromatic carbocycles. The lowest BCUT2D eigenvalue weighted by Crippen LogP contribution is -2.33. The fourth-order valence-electron chi connectivity index (χ4n) is 1.76. The van der Waals surface area contributed by atoms with E-state index in [0.717, 1.165) is 5.56 Å². The van der Waals surface area contributed by atoms with E-state index >= 15 is 0 Å². The van der Waals surface area contributed by atoms with Crippen molar-refractivity contribution in [3.8, 4) is 0 Å². The lowest BCUT2D eigenvalue weighted by Gasteiger charge is -2.18. The van der Waals surface area contributed by atoms with Crippen LogP contribution in [0, 0.1) is 0 Å². The van der Waals surface area contributed by atoms with Crippen LogP contribution in [0.2, 0.25) is 0 Å². The molecule has 0 aliphatic heterocycles. The van der Waals surface area contributed by atoms with E-state index in [1.165, 1.54) is 14.0 Å². The molecule has 111 valence electrons. The molecule has 3 radical (unpaired) electrons. The fourth-order valence-corrected chi connectivity index (χ4v) is 1.76. The van der Waals surface area contributed by atoms with Crippen LogP contribution < -0.4 is 0 Å². The van der Waals surface area contributed by atoms with Crippen LogP contribution in [0.25, 0.3) is 0 Å². The summed E-state index contributed by atoms with van der Waals surface area (Å²) in [4.78, 5) is 23.4. The second-order valence-corrected chi connectivity index (χ2v) is 4.47. The van der Waals surface area contributed by atoms with E-state index in [0.29, 0.717) is 12.8 Å². The third-order valence-corrected chi connectivity index (χ3v) is 2.90. The molecule has 5 heteroatoms. The van der Waals surface area contributed by atoms with Crippen molar-refractivity contribution in [2.45, 2.75) is 32.0 Å². The lowest BCUT2D eigenvalue weighted by molar-refractivity contribution is -0.164. The van der Waals surface area contributed by atoms with E-state index in [-0.39, 0.29) is 14.2 Å². The van der Waals surface area contributed by atoms with E-state index < -0.39 is 18.2 Å². The maximum absolute atomic E-state index is 12.0. The van der Waals surface area contributed by atoms with Crippen LogP contribution in [0.1, 0.15) is 18.9 Å². The van der Waals surface area contributed by atoms with Gasteiger partial charge in [0.2, 0.25) is 0 Å². The highest BCUT2D eigenvalue weighted by Crippen LogP contribution is 2.10. The van der Waals surface area contributed by atoms with Gasteiger partial charge in [-0.3, -0.25) is 4.79 Å². The maximum Gasteiger partial charge on any atom is 0.336 e. The van der Waals surface area contributed by atoms with E-state index in [1.54, 1.807) is 6.08 Å². The van der Waals surface area contributed by atoms with Gasteiger partial charge in [-0.25, -0.2) is 4.79 Å². The Morgan fingerprint density at radius 1 is 1.24 bits per heavy atom. The first-order valence-corrected chi connectivity index (χ1v) is 6.47. The van der Waals surface area contributed by atoms with Gasteiger partial charge in [-0.05, 0) is 12.5 Å². The molecule has 0 aliphatic rings. The van der Waals surface area contributed by atoms with Crippen molar-refractivity contribution >= 4 is 20.2 Å². The molecule has 0 heterocycles. The van der Waals surface area contributed by atoms with Gasteiger partial charge in [0, 0.05) is 28.4 Å². The first-order chi connectivity index (χ1) is 9.58. The number of ketones is 1. The van der Waals surface area contributed by atoms with E-state index in [1.807, 2.05) is 30.3 Å². The SMILES string of the molecule is C=CCC(OC(=O)C(Cc1ccccc1)OC)C(C)=O.[B]. The molecule has 21 heavy (non-hydrogen) atoms. The van der Waals surface area contributed by atoms with E-state index in [9.17, 15) is 9.59 Å². The van der Waals surface area contributed by atoms with Crippen molar-refractivity contribution in [1.82, 2.24) is 0 Å². The summed E-state index contributed by atoms with van der Waals surface area (Å²) in [5.41, 5.74) is 0.972. The summed E-state index contributed by atoms with van der Waals surface area (Å²) in [6.07, 6.45) is 0.772. The Hall–Kier alpha value is -1.88. The van der Waals surface area contributed by atoms with Crippen LogP contribution in [0.3, 0.4) is 0 Å². The predicted octanol–water partition coefficient (Wildman–Crippen LogP) is 1.94. The summed E-state index contributed by atoms with van der Waals surface area (Å²) in [6, 6.07) is 9.50. The van der Waals surface area contributed by atoms with E-state index in [2.05, 4.69) is 6.58 Å². The third-order valence-electron chi connectivity index (χ3n) is 2.90. The molecule has 0 aliphatic carbocycles. The maximum atomic E-state index is 12.0. The number of ether oxygens (including phenoxy) is 2. The molecule has 1 rings (SSSR count). The minimum Gasteiger partial charge on any atom is -0.452 e. The Labute approximate surface area is 127 Å². The monoisotopic (exact) mass is 287 g/mol. The van der Waals surface area contributed by atoms with Crippen molar-refractivity contribution in [1.29, 1.82) is 0 Å². The van der Waals surface area contributed by atoms with Gasteiger partial charge in [0.15, 0.2) is 18.0 Å². The summed E-state index contributed by atoms with van der Waals surface area (Å²) in [7, 11) is 1.45. The Balaban J connectivity index is 0.00000400. The summed E-state index contributed by atoms with van der Waals surface area (Å²) < 4.78 is 10.4. The second kappa shape index (κ2) is 9.94. The predicted molar refractivity (Wildman–Crippen MR) is 82.1 cm³/mol. The summed E-state index contributed by atoms with van der Waals surface area (Å²) in [5, 5.41) is 0. The Morgan fingerprint density at radius 3 is 2.33 bits per heavy atom. The number of benzene rings is 1. The highest BCUT2D eigenvalue weighted by molar-refractivity contribution is 5.84. The fraction of sp³-hybridized carbons (Fsp3) is 0.375. The third kappa shape index (κ3) is 6.41. The summed E-state index contributed by atoms with van der Waals surface area (Å²) >= 11 is 0. The van der Waals surface area contributed by atoms with Gasteiger partial charge in [-0.1, -0.05) is 36.4 Å². The zero-order chi connectivity index (χ0) is 15.0. The molecule has 1 aromatic rings. The molecule has 0 spiro atoms. The molecule has 0 bridgehead atoms. The molecule has 0 fully saturated rings. The van der Waals surface area contributed by atoms with Crippen molar-refractivity contribution in [2.75, 3.05) is 7.11 Å². The van der Waals surface area contributed by atoms with Crippen LogP contribution in [-0.2, 0) is 25.5 Å². The van der Waals surface area contributed by atoms with Gasteiger partial charge < -0.3 is 9.47 Å². The average molecular weight is 287 g/mol. The number of esters is 1. The molecule has 2 unspecified atom stereocenters. The molecule has 0 saturated heterocycles. The highest BCUT2D eigenvalue weighted by atomic mass is 16.6. The number of methoxy groups -OCH3 is 1. The molecule has 0 amide bonds. The topological polar surface area (TPSA) is 52.6 Å². The molecular weight excluding hydrogens is 267 g/mol. The zero-order valence-electron chi connectivity index (χ0n) is 12.5. The number of rotatable bonds is 8. The lowest BCUT2D eigenvalue weighted by atomic mass is 10.1. The van der Waals surface area contributed by atoms with E-state index in [4.69, 9.17) is 9.47 Å². The molecule has 4 nitrogen and oxygen atoms in total. The van der Waals surface area contributed by atoms with Crippen molar-refractivity contribution in [3.05, 3.63) is 48.6 Å². The normalized spacial score (nSPS) is 12.7. The van der Waals surface area contributed by atoms with Crippen LogP contribution in [0.15, 0.2) is 43.0 Å². The van der Waals surface area contributed by atoms with Gasteiger partial charge in [-0.15, -0.1) is 6.58 Å². The van der Waals surface area contributed by atoms with Crippen molar-refractivity contribution in [3.63, 3.8) is 0 Å². The van der Waals surface area contributed by atoms with Gasteiger partial charge in [-0.2, -0.15) is 0 Å². The van der Waals surface area contributed by atoms with Crippen LogP contribution in [0.5, 0.6) is 0 Å². The number of hydrogen-bond donors (Lipinski definition) is 0. The van der Waals surface area contributed by atoms with Crippen LogP contribution in [0.4, 0.5) is 0 Å². The minimum absolute atomic E-state index is 0. The van der Waals surface area contributed by atoms with Gasteiger partial charge in [0.05, 0.1) is 0 Å². The van der Waals surface area contributed by atoms with Gasteiger partial charge in [0.1, 0.15) is 0 Å². The second-order valence-electron chi connectivity index (χ2n) is 4.47. The van der Waals surface area contributed by atoms with Gasteiger partial charge >= 0.3 is 5.97 Å². The first-order valence-electron chi connectivity index (χ1n) is 6.47. The number of carbonyl (C=O) groups excluding carboxylic acids is 2. The molecule has 0 N–H and O–H groups in total. The summed E-state index contributed by atoms with van der Waals surface area (Å²) in [5.74, 6) is -0.730. The molecule has 2 atom stereocenters. The first kappa shape index (κ1) is 19.1. The smallest absolute Gasteiger partial charge is 0.336 e. The van der Waals surface area contributed by atoms with Gasteiger partial charge in [0.25, 0.3) is 0 Å². The molecule has 0 aromatic heterocycles. The van der Waals surface area contributed by atoms with Crippen molar-refractivity contribution < 1.29 is 19.1 Å². The van der Waals surface area contributed by atoms with Crippen molar-refractivity contribution in [2.24, 2.45) is 0 Å². The minimum atomic E-state index is -0.784. The highest BCUT2D eigenvalue weighted by Gasteiger charge is 2.25. The largest absolute Gasteiger partial charge is 0.452 e. The Morgan fingerprint density at radius 2 is 1.86 bits per heavy atom. The quantitative estimate of drug-likeness (QED) is 0.416. The Kier molecular flexibility index (Phi) is 9.05. The molecule has 0 saturated carbocycles. The number of carbonyl (C=O) groups is 2. The molecular formula is C16H20BO4. The average Bonchev–Trinajstić information content (AvgIpc) is 2.45. The Bertz CT molecular complexity index is 459. The standard InChI is InChI=1S/C16H20O4.B/c1-4-8-14(12(2)17)20-16(18)15(19-3)11-13-9-6-5-7-10-13;/h4-7,9-10,14-15H,1,8,11H2,2-3H3;. The zero-order valence-corrected chi connectivity index (χ0v) is 12.5. The number of hydrogen-bond acceptors (Lipinski definition) is 4. The summed E-state index contributed by atoms with van der Waals surface area (Å²) in [6.45, 7) is 4.94.